The highest BCUT2D eigenvalue weighted by Crippen LogP contribution is 2.62. The molecule has 0 N–H and O–H groups in total. The quantitative estimate of drug-likeness (QED) is 0.574. The van der Waals surface area contributed by atoms with Crippen molar-refractivity contribution in [2.45, 2.75) is 54.0 Å². The Labute approximate surface area is 88.9 Å². The molecule has 0 radical (unpaired) electrons. The molecule has 3 fully saturated rings. The molecule has 0 aliphatic carbocycles. The first-order valence-corrected chi connectivity index (χ1v) is 5.96. The summed E-state index contributed by atoms with van der Waals surface area (Å²) in [5.41, 5.74) is 1.43. The minimum atomic E-state index is 0.451. The Hall–Kier alpha value is -0.0400. The number of nitrogens with zero attached hydrogens (tertiary/aromatic N) is 1. The van der Waals surface area contributed by atoms with Gasteiger partial charge in [0.05, 0.1) is 0 Å². The zero-order valence-electron chi connectivity index (χ0n) is 10.6. The lowest BCUT2D eigenvalue weighted by molar-refractivity contribution is -0.195. The number of piperidine rings is 3. The molecule has 82 valence electrons. The third-order valence-electron chi connectivity index (χ3n) is 6.01. The van der Waals surface area contributed by atoms with Crippen LogP contribution in [0.5, 0.6) is 0 Å². The fourth-order valence-corrected chi connectivity index (χ4v) is 3.91. The first-order valence-electron chi connectivity index (χ1n) is 5.96. The molecule has 0 amide bonds. The third kappa shape index (κ3) is 0.946. The molecule has 1 heteroatoms. The van der Waals surface area contributed by atoms with Crippen molar-refractivity contribution >= 4 is 0 Å². The van der Waals surface area contributed by atoms with Gasteiger partial charge < -0.3 is 0 Å². The highest BCUT2D eigenvalue weighted by atomic mass is 15.2. The molecular formula is C13H25N. The van der Waals surface area contributed by atoms with E-state index < -0.39 is 0 Å². The van der Waals surface area contributed by atoms with Gasteiger partial charge >= 0.3 is 0 Å². The van der Waals surface area contributed by atoms with Crippen LogP contribution in [0.4, 0.5) is 0 Å². The number of rotatable bonds is 0. The van der Waals surface area contributed by atoms with E-state index in [2.05, 4.69) is 46.4 Å². The van der Waals surface area contributed by atoms with E-state index in [0.29, 0.717) is 16.2 Å². The molecule has 3 rings (SSSR count). The van der Waals surface area contributed by atoms with Crippen LogP contribution in [0.3, 0.4) is 0 Å². The molecule has 3 aliphatic heterocycles. The second-order valence-electron chi connectivity index (χ2n) is 6.83. The molecular weight excluding hydrogens is 170 g/mol. The van der Waals surface area contributed by atoms with Gasteiger partial charge in [-0.1, -0.05) is 34.6 Å². The summed E-state index contributed by atoms with van der Waals surface area (Å²) in [7, 11) is 0. The Bertz CT molecular complexity index is 254. The van der Waals surface area contributed by atoms with Crippen LogP contribution < -0.4 is 0 Å². The average molecular weight is 195 g/mol. The van der Waals surface area contributed by atoms with Crippen LogP contribution in [-0.4, -0.2) is 24.0 Å². The molecule has 2 bridgehead atoms. The normalized spacial score (nSPS) is 49.3. The summed E-state index contributed by atoms with van der Waals surface area (Å²) in [6, 6.07) is 0.745. The molecule has 1 nitrogen and oxygen atoms in total. The fraction of sp³-hybridized carbons (Fsp3) is 1.00. The molecule has 0 aromatic rings. The molecule has 0 aromatic carbocycles. The van der Waals surface area contributed by atoms with Gasteiger partial charge in [-0.25, -0.2) is 0 Å². The van der Waals surface area contributed by atoms with Gasteiger partial charge in [0.15, 0.2) is 0 Å². The highest BCUT2D eigenvalue weighted by Gasteiger charge is 2.61. The monoisotopic (exact) mass is 195 g/mol. The van der Waals surface area contributed by atoms with Crippen LogP contribution >= 0.6 is 0 Å². The molecule has 0 saturated carbocycles. The van der Waals surface area contributed by atoms with Crippen molar-refractivity contribution < 1.29 is 0 Å². The number of hydrogen-bond acceptors (Lipinski definition) is 1. The predicted octanol–water partition coefficient (Wildman–Crippen LogP) is 3.15. The highest BCUT2D eigenvalue weighted by molar-refractivity contribution is 5.12. The van der Waals surface area contributed by atoms with Gasteiger partial charge in [-0.2, -0.15) is 0 Å². The zero-order valence-corrected chi connectivity index (χ0v) is 10.6. The van der Waals surface area contributed by atoms with E-state index in [4.69, 9.17) is 0 Å². The average Bonchev–Trinajstić information content (AvgIpc) is 2.05. The van der Waals surface area contributed by atoms with E-state index in [-0.39, 0.29) is 0 Å². The van der Waals surface area contributed by atoms with E-state index in [1.165, 1.54) is 19.5 Å². The summed E-state index contributed by atoms with van der Waals surface area (Å²) in [6.07, 6.45) is 1.37. The number of hydrogen-bond donors (Lipinski definition) is 0. The molecule has 3 aliphatic rings. The van der Waals surface area contributed by atoms with Gasteiger partial charge in [-0.3, -0.25) is 4.90 Å². The molecule has 3 atom stereocenters. The van der Waals surface area contributed by atoms with Crippen molar-refractivity contribution in [2.75, 3.05) is 13.1 Å². The van der Waals surface area contributed by atoms with Gasteiger partial charge in [-0.15, -0.1) is 0 Å². The van der Waals surface area contributed by atoms with E-state index in [1.54, 1.807) is 0 Å². The minimum absolute atomic E-state index is 0.451. The van der Waals surface area contributed by atoms with Gasteiger partial charge in [0.25, 0.3) is 0 Å². The molecule has 0 aromatic heterocycles. The van der Waals surface area contributed by atoms with Gasteiger partial charge in [0.1, 0.15) is 0 Å². The largest absolute Gasteiger partial charge is 0.300 e. The molecule has 0 spiro atoms. The van der Waals surface area contributed by atoms with Crippen molar-refractivity contribution in [3.8, 4) is 0 Å². The van der Waals surface area contributed by atoms with Crippen LogP contribution in [0.1, 0.15) is 48.0 Å². The maximum atomic E-state index is 2.69. The first kappa shape index (κ1) is 10.5. The maximum Gasteiger partial charge on any atom is 0.0124 e. The van der Waals surface area contributed by atoms with Gasteiger partial charge in [-0.05, 0) is 36.1 Å². The topological polar surface area (TPSA) is 3.24 Å². The van der Waals surface area contributed by atoms with Crippen molar-refractivity contribution in [1.29, 1.82) is 0 Å². The van der Waals surface area contributed by atoms with Crippen LogP contribution in [0.2, 0.25) is 0 Å². The van der Waals surface area contributed by atoms with E-state index in [1.807, 2.05) is 0 Å². The second kappa shape index (κ2) is 2.55. The first-order chi connectivity index (χ1) is 6.22. The fourth-order valence-electron chi connectivity index (χ4n) is 3.91. The smallest absolute Gasteiger partial charge is 0.0124 e. The van der Waals surface area contributed by atoms with Crippen molar-refractivity contribution in [3.05, 3.63) is 0 Å². The lowest BCUT2D eigenvalue weighted by Crippen LogP contribution is -2.70. The molecule has 14 heavy (non-hydrogen) atoms. The lowest BCUT2D eigenvalue weighted by atomic mass is 9.45. The van der Waals surface area contributed by atoms with Crippen LogP contribution in [0, 0.1) is 16.2 Å². The predicted molar refractivity (Wildman–Crippen MR) is 61.3 cm³/mol. The van der Waals surface area contributed by atoms with E-state index in [9.17, 15) is 0 Å². The molecule has 3 saturated heterocycles. The summed E-state index contributed by atoms with van der Waals surface area (Å²) in [6.45, 7) is 17.3. The van der Waals surface area contributed by atoms with E-state index in [0.717, 1.165) is 6.04 Å². The summed E-state index contributed by atoms with van der Waals surface area (Å²) in [5, 5.41) is 0. The third-order valence-corrected chi connectivity index (χ3v) is 6.01. The van der Waals surface area contributed by atoms with Crippen LogP contribution in [0.25, 0.3) is 0 Å². The summed E-state index contributed by atoms with van der Waals surface area (Å²) >= 11 is 0. The lowest BCUT2D eigenvalue weighted by Gasteiger charge is -2.68. The Balaban J connectivity index is 2.47. The molecule has 3 heterocycles. The summed E-state index contributed by atoms with van der Waals surface area (Å²) in [5.74, 6) is 0. The van der Waals surface area contributed by atoms with Crippen molar-refractivity contribution in [1.82, 2.24) is 4.90 Å². The second-order valence-corrected chi connectivity index (χ2v) is 6.83. The number of fused-ring (bicyclic) bond motifs is 3. The summed E-state index contributed by atoms with van der Waals surface area (Å²) in [4.78, 5) is 2.69. The van der Waals surface area contributed by atoms with Crippen LogP contribution in [0.15, 0.2) is 0 Å². The van der Waals surface area contributed by atoms with Crippen molar-refractivity contribution in [3.63, 3.8) is 0 Å². The van der Waals surface area contributed by atoms with Gasteiger partial charge in [0.2, 0.25) is 0 Å². The minimum Gasteiger partial charge on any atom is -0.300 e. The Morgan fingerprint density at radius 3 is 2.07 bits per heavy atom. The van der Waals surface area contributed by atoms with Crippen LogP contribution in [-0.2, 0) is 0 Å². The van der Waals surface area contributed by atoms with E-state index >= 15 is 0 Å². The Kier molecular flexibility index (Phi) is 1.91. The Morgan fingerprint density at radius 2 is 1.64 bits per heavy atom. The maximum absolute atomic E-state index is 2.69. The molecule has 3 unspecified atom stereocenters. The SMILES string of the molecule is CC1N2CCC(C)(C(C)(C)C2)C1(C)C. The standard InChI is InChI=1S/C13H25N/c1-10-12(4,5)13(6)7-8-14(10)9-11(13,2)3/h10H,7-9H2,1-6H3. The Morgan fingerprint density at radius 1 is 1.07 bits per heavy atom. The van der Waals surface area contributed by atoms with Crippen molar-refractivity contribution in [2.24, 2.45) is 16.2 Å². The summed E-state index contributed by atoms with van der Waals surface area (Å²) < 4.78 is 0. The zero-order chi connectivity index (χ0) is 10.8. The van der Waals surface area contributed by atoms with Gasteiger partial charge in [0, 0.05) is 12.6 Å².